The lowest BCUT2D eigenvalue weighted by molar-refractivity contribution is -0.316. The summed E-state index contributed by atoms with van der Waals surface area (Å²) < 4.78 is 44.6. The highest BCUT2D eigenvalue weighted by Crippen LogP contribution is 2.47. The zero-order valence-corrected chi connectivity index (χ0v) is 32.4. The second-order valence-corrected chi connectivity index (χ2v) is 16.3. The SMILES string of the molecule is CC[C@H]1OC(=O)[C@H](C)[C@@H](O[C@H]2CC(C)(OC)[C@@H](O)C(C)O2)[C@H](C)[C@@H](O[C@@H]2OC(C)CC(N(C)C)C2O)C2(C)CC(C)=C(O2)[C@H](C)[C@@H](O)[C@]1(C)O. The monoisotopic (exact) mass is 715 g/mol. The summed E-state index contributed by atoms with van der Waals surface area (Å²) >= 11 is 0. The summed E-state index contributed by atoms with van der Waals surface area (Å²) in [6.07, 6.45) is -7.39. The summed E-state index contributed by atoms with van der Waals surface area (Å²) in [6, 6.07) is -0.235. The molecule has 17 atom stereocenters. The van der Waals surface area contributed by atoms with E-state index in [4.69, 9.17) is 33.2 Å². The molecule has 4 aliphatic heterocycles. The minimum Gasteiger partial charge on any atom is -0.489 e. The first-order valence-corrected chi connectivity index (χ1v) is 18.3. The number of carbonyl (C=O) groups excluding carboxylic acids is 1. The van der Waals surface area contributed by atoms with Crippen molar-refractivity contribution in [2.24, 2.45) is 17.8 Å². The van der Waals surface area contributed by atoms with Gasteiger partial charge in [0, 0.05) is 37.8 Å². The lowest BCUT2D eigenvalue weighted by atomic mass is 9.78. The van der Waals surface area contributed by atoms with Gasteiger partial charge in [0.15, 0.2) is 12.6 Å². The van der Waals surface area contributed by atoms with Crippen molar-refractivity contribution in [2.45, 2.75) is 179 Å². The van der Waals surface area contributed by atoms with Crippen LogP contribution in [0.3, 0.4) is 0 Å². The van der Waals surface area contributed by atoms with Crippen LogP contribution in [-0.4, -0.2) is 137 Å². The number of esters is 1. The number of hydrogen-bond acceptors (Lipinski definition) is 13. The van der Waals surface area contributed by atoms with Gasteiger partial charge in [0.2, 0.25) is 0 Å². The van der Waals surface area contributed by atoms with E-state index in [2.05, 4.69) is 0 Å². The normalized spacial score (nSPS) is 49.5. The van der Waals surface area contributed by atoms with Crippen LogP contribution in [0.1, 0.15) is 94.9 Å². The summed E-state index contributed by atoms with van der Waals surface area (Å²) in [4.78, 5) is 16.1. The largest absolute Gasteiger partial charge is 0.489 e. The van der Waals surface area contributed by atoms with Gasteiger partial charge in [-0.25, -0.2) is 0 Å². The molecule has 0 aliphatic carbocycles. The number of aliphatic hydroxyl groups excluding tert-OH is 3. The molecule has 4 N–H and O–H groups in total. The van der Waals surface area contributed by atoms with Crippen molar-refractivity contribution in [1.82, 2.24) is 4.90 Å². The zero-order valence-electron chi connectivity index (χ0n) is 32.4. The summed E-state index contributed by atoms with van der Waals surface area (Å²) in [7, 11) is 5.34. The number of cyclic esters (lactones) is 1. The quantitative estimate of drug-likeness (QED) is 0.285. The predicted octanol–water partition coefficient (Wildman–Crippen LogP) is 2.89. The Balaban J connectivity index is 1.84. The molecular weight excluding hydrogens is 650 g/mol. The summed E-state index contributed by atoms with van der Waals surface area (Å²) in [6.45, 7) is 18.0. The lowest BCUT2D eigenvalue weighted by Crippen LogP contribution is -2.60. The van der Waals surface area contributed by atoms with Crippen molar-refractivity contribution >= 4 is 5.97 Å². The highest BCUT2D eigenvalue weighted by Gasteiger charge is 2.56. The van der Waals surface area contributed by atoms with E-state index in [0.717, 1.165) is 5.57 Å². The Bertz CT molecular complexity index is 1210. The standard InChI is InChI=1S/C37H65NO12/c1-14-25-37(10,43)30(40)20(4)28-18(2)16-36(9,50-28)32(49-34-27(39)24(38(11)12)15-19(3)45-34)21(5)29(22(6)33(42)47-25)48-26-17-35(8,44-13)31(41)23(7)46-26/h19-27,29-32,34,39-41,43H,14-17H2,1-13H3/t19?,20-,21-,22+,23?,24?,25+,26-,27?,29-,30+,31-,32+,34-,35?,36?,37+/m0/s1. The van der Waals surface area contributed by atoms with Crippen LogP contribution in [0.4, 0.5) is 0 Å². The van der Waals surface area contributed by atoms with E-state index < -0.39 is 95.8 Å². The number of rotatable bonds is 7. The maximum absolute atomic E-state index is 14.1. The molecule has 0 saturated carbocycles. The fraction of sp³-hybridized carbons (Fsp3) is 0.919. The smallest absolute Gasteiger partial charge is 0.311 e. The van der Waals surface area contributed by atoms with Crippen molar-refractivity contribution in [3.05, 3.63) is 11.3 Å². The molecule has 0 amide bonds. The lowest BCUT2D eigenvalue weighted by Gasteiger charge is -2.48. The fourth-order valence-electron chi connectivity index (χ4n) is 8.73. The third kappa shape index (κ3) is 7.93. The van der Waals surface area contributed by atoms with Gasteiger partial charge in [-0.1, -0.05) is 20.8 Å². The summed E-state index contributed by atoms with van der Waals surface area (Å²) in [5.74, 6) is -2.31. The Morgan fingerprint density at radius 2 is 1.60 bits per heavy atom. The van der Waals surface area contributed by atoms with Gasteiger partial charge >= 0.3 is 5.97 Å². The van der Waals surface area contributed by atoms with Gasteiger partial charge in [0.25, 0.3) is 0 Å². The van der Waals surface area contributed by atoms with Crippen LogP contribution in [0.25, 0.3) is 0 Å². The molecule has 0 aromatic heterocycles. The average molecular weight is 716 g/mol. The van der Waals surface area contributed by atoms with Gasteiger partial charge in [-0.2, -0.15) is 0 Å². The number of nitrogens with zero attached hydrogens (tertiary/aromatic N) is 1. The van der Waals surface area contributed by atoms with Crippen LogP contribution in [-0.2, 0) is 38.0 Å². The molecule has 3 saturated heterocycles. The molecule has 0 aromatic carbocycles. The van der Waals surface area contributed by atoms with Crippen molar-refractivity contribution in [1.29, 1.82) is 0 Å². The molecule has 4 aliphatic rings. The van der Waals surface area contributed by atoms with Crippen molar-refractivity contribution in [3.63, 3.8) is 0 Å². The molecule has 13 nitrogen and oxygen atoms in total. The average Bonchev–Trinajstić information content (AvgIpc) is 3.37. The van der Waals surface area contributed by atoms with Gasteiger partial charge < -0.3 is 58.5 Å². The molecule has 0 spiro atoms. The van der Waals surface area contributed by atoms with E-state index in [1.165, 1.54) is 14.0 Å². The third-order valence-corrected chi connectivity index (χ3v) is 12.0. The number of carbonyl (C=O) groups is 1. The second-order valence-electron chi connectivity index (χ2n) is 16.3. The van der Waals surface area contributed by atoms with Gasteiger partial charge in [-0.3, -0.25) is 4.79 Å². The second kappa shape index (κ2) is 15.5. The molecule has 6 unspecified atom stereocenters. The fourth-order valence-corrected chi connectivity index (χ4v) is 8.73. The van der Waals surface area contributed by atoms with E-state index in [1.54, 1.807) is 34.6 Å². The molecule has 0 aromatic rings. The molecule has 3 fully saturated rings. The highest BCUT2D eigenvalue weighted by atomic mass is 16.7. The van der Waals surface area contributed by atoms with Crippen molar-refractivity contribution in [2.75, 3.05) is 21.2 Å². The van der Waals surface area contributed by atoms with Crippen LogP contribution in [0.2, 0.25) is 0 Å². The first-order valence-electron chi connectivity index (χ1n) is 18.3. The number of hydrogen-bond donors (Lipinski definition) is 4. The third-order valence-electron chi connectivity index (χ3n) is 12.0. The number of ether oxygens (including phenoxy) is 7. The summed E-state index contributed by atoms with van der Waals surface area (Å²) in [5.41, 5.74) is -3.00. The molecule has 50 heavy (non-hydrogen) atoms. The minimum atomic E-state index is -1.82. The number of methoxy groups -OCH3 is 1. The number of likely N-dealkylation sites (N-methyl/N-ethyl adjacent to an activating group) is 1. The molecule has 4 rings (SSSR count). The van der Waals surface area contributed by atoms with E-state index in [0.29, 0.717) is 18.6 Å². The topological polar surface area (TPSA) is 166 Å². The molecule has 4 heterocycles. The van der Waals surface area contributed by atoms with Gasteiger partial charge in [-0.05, 0) is 81.0 Å². The van der Waals surface area contributed by atoms with Crippen LogP contribution < -0.4 is 0 Å². The molecular formula is C37H65NO12. The first kappa shape index (κ1) is 41.4. The maximum atomic E-state index is 14.1. The molecule has 2 bridgehead atoms. The van der Waals surface area contributed by atoms with Gasteiger partial charge in [0.1, 0.15) is 41.4 Å². The van der Waals surface area contributed by atoms with E-state index >= 15 is 0 Å². The Morgan fingerprint density at radius 1 is 0.960 bits per heavy atom. The van der Waals surface area contributed by atoms with Crippen LogP contribution in [0, 0.1) is 17.8 Å². The van der Waals surface area contributed by atoms with Crippen LogP contribution in [0.15, 0.2) is 11.3 Å². The molecule has 13 heteroatoms. The Morgan fingerprint density at radius 3 is 2.18 bits per heavy atom. The Labute approximate surface area is 298 Å². The number of aliphatic hydroxyl groups is 4. The van der Waals surface area contributed by atoms with E-state index in [9.17, 15) is 25.2 Å². The van der Waals surface area contributed by atoms with Crippen LogP contribution in [0.5, 0.6) is 0 Å². The highest BCUT2D eigenvalue weighted by molar-refractivity contribution is 5.73. The van der Waals surface area contributed by atoms with Crippen LogP contribution >= 0.6 is 0 Å². The Kier molecular flexibility index (Phi) is 12.8. The van der Waals surface area contributed by atoms with E-state index in [-0.39, 0.29) is 25.0 Å². The number of fused-ring (bicyclic) bond motifs is 2. The predicted molar refractivity (Wildman–Crippen MR) is 184 cm³/mol. The van der Waals surface area contributed by atoms with Gasteiger partial charge in [0.05, 0.1) is 35.9 Å². The Hall–Kier alpha value is -1.39. The molecule has 290 valence electrons. The van der Waals surface area contributed by atoms with Crippen molar-refractivity contribution < 1.29 is 58.4 Å². The zero-order chi connectivity index (χ0) is 37.7. The van der Waals surface area contributed by atoms with Gasteiger partial charge in [-0.15, -0.1) is 0 Å². The first-order chi connectivity index (χ1) is 23.1. The molecule has 0 radical (unpaired) electrons. The summed E-state index contributed by atoms with van der Waals surface area (Å²) in [5, 5.41) is 45.9. The van der Waals surface area contributed by atoms with Crippen molar-refractivity contribution in [3.8, 4) is 0 Å². The van der Waals surface area contributed by atoms with E-state index in [1.807, 2.05) is 46.7 Å². The maximum Gasteiger partial charge on any atom is 0.311 e. The minimum absolute atomic E-state index is 0.173.